The molecule has 10 heavy (non-hydrogen) atoms. The Balaban J connectivity index is 2.15. The zero-order valence-corrected chi connectivity index (χ0v) is 6.20. The average Bonchev–Trinajstić information content (AvgIpc) is 2.64. The van der Waals surface area contributed by atoms with E-state index in [1.165, 1.54) is 0 Å². The Kier molecular flexibility index (Phi) is 1.17. The number of nitrogens with one attached hydrogen (secondary N) is 2. The summed E-state index contributed by atoms with van der Waals surface area (Å²) in [7, 11) is 0. The minimum Gasteiger partial charge on any atom is -0.291 e. The van der Waals surface area contributed by atoms with Crippen LogP contribution in [0.4, 0.5) is 0 Å². The highest BCUT2D eigenvalue weighted by Gasteiger charge is 2.42. The van der Waals surface area contributed by atoms with Gasteiger partial charge in [-0.2, -0.15) is 0 Å². The standard InChI is InChI=1S/C6H8N2OS/c9-5-4(3-1-2-3)6(10)8-7-5/h3-4H,1-2H2,(H,7,9)(H,8,10)/t4-/m0/s1. The first-order chi connectivity index (χ1) is 4.79. The largest absolute Gasteiger partial charge is 0.291 e. The summed E-state index contributed by atoms with van der Waals surface area (Å²) in [5, 5.41) is 0. The molecule has 1 aliphatic carbocycles. The summed E-state index contributed by atoms with van der Waals surface area (Å²) in [5.74, 6) is 0.560. The van der Waals surface area contributed by atoms with E-state index in [0.717, 1.165) is 12.8 Å². The monoisotopic (exact) mass is 156 g/mol. The van der Waals surface area contributed by atoms with Crippen molar-refractivity contribution in [3.63, 3.8) is 0 Å². The third kappa shape index (κ3) is 0.794. The number of amides is 1. The summed E-state index contributed by atoms with van der Waals surface area (Å²) < 4.78 is 0. The van der Waals surface area contributed by atoms with E-state index in [1.807, 2.05) is 0 Å². The molecule has 0 aromatic heterocycles. The van der Waals surface area contributed by atoms with Gasteiger partial charge in [-0.25, -0.2) is 0 Å². The Hall–Kier alpha value is -0.640. The molecule has 2 N–H and O–H groups in total. The lowest BCUT2D eigenvalue weighted by molar-refractivity contribution is -0.122. The molecule has 1 atom stereocenters. The van der Waals surface area contributed by atoms with Crippen LogP contribution in [0.2, 0.25) is 0 Å². The van der Waals surface area contributed by atoms with Crippen LogP contribution in [0, 0.1) is 11.8 Å². The summed E-state index contributed by atoms with van der Waals surface area (Å²) in [6.07, 6.45) is 2.31. The van der Waals surface area contributed by atoms with Gasteiger partial charge in [0.15, 0.2) is 0 Å². The molecule has 0 aromatic carbocycles. The Bertz CT molecular complexity index is 184. The van der Waals surface area contributed by atoms with Crippen molar-refractivity contribution in [1.82, 2.24) is 10.9 Å². The number of hydrogen-bond donors (Lipinski definition) is 2. The minimum absolute atomic E-state index is 0.0185. The molecule has 0 aromatic rings. The molecule has 0 bridgehead atoms. The number of hydrogen-bond acceptors (Lipinski definition) is 2. The average molecular weight is 156 g/mol. The van der Waals surface area contributed by atoms with Gasteiger partial charge in [0.25, 0.3) is 0 Å². The summed E-state index contributed by atoms with van der Waals surface area (Å²) in [5.41, 5.74) is 5.18. The predicted molar refractivity (Wildman–Crippen MR) is 40.1 cm³/mol. The normalized spacial score (nSPS) is 31.8. The topological polar surface area (TPSA) is 41.1 Å². The molecule has 1 aliphatic heterocycles. The maximum absolute atomic E-state index is 11.0. The summed E-state index contributed by atoms with van der Waals surface area (Å²) in [6.45, 7) is 0. The van der Waals surface area contributed by atoms with Gasteiger partial charge in [-0.1, -0.05) is 12.2 Å². The van der Waals surface area contributed by atoms with E-state index in [4.69, 9.17) is 12.2 Å². The van der Waals surface area contributed by atoms with Gasteiger partial charge in [-0.3, -0.25) is 15.6 Å². The molecule has 0 unspecified atom stereocenters. The van der Waals surface area contributed by atoms with Gasteiger partial charge in [0.05, 0.1) is 5.92 Å². The number of carbonyl (C=O) groups is 1. The van der Waals surface area contributed by atoms with Crippen molar-refractivity contribution in [3.05, 3.63) is 0 Å². The lowest BCUT2D eigenvalue weighted by atomic mass is 10.1. The first kappa shape index (κ1) is 6.09. The van der Waals surface area contributed by atoms with Gasteiger partial charge < -0.3 is 0 Å². The Morgan fingerprint density at radius 2 is 2.10 bits per heavy atom. The molecule has 2 fully saturated rings. The molecule has 1 amide bonds. The fraction of sp³-hybridized carbons (Fsp3) is 0.667. The first-order valence-electron chi connectivity index (χ1n) is 3.39. The number of rotatable bonds is 1. The van der Waals surface area contributed by atoms with Crippen LogP contribution in [0.1, 0.15) is 12.8 Å². The second kappa shape index (κ2) is 1.92. The molecule has 4 heteroatoms. The van der Waals surface area contributed by atoms with Gasteiger partial charge in [0, 0.05) is 0 Å². The van der Waals surface area contributed by atoms with Crippen molar-refractivity contribution in [1.29, 1.82) is 0 Å². The molecule has 1 saturated heterocycles. The molecule has 2 rings (SSSR count). The van der Waals surface area contributed by atoms with Gasteiger partial charge in [0.2, 0.25) is 5.91 Å². The fourth-order valence-electron chi connectivity index (χ4n) is 1.26. The van der Waals surface area contributed by atoms with Crippen molar-refractivity contribution in [2.45, 2.75) is 12.8 Å². The molecule has 0 radical (unpaired) electrons. The van der Waals surface area contributed by atoms with Crippen LogP contribution in [0.3, 0.4) is 0 Å². The van der Waals surface area contributed by atoms with Crippen LogP contribution in [0.25, 0.3) is 0 Å². The Labute approximate surface area is 64.1 Å². The van der Waals surface area contributed by atoms with Gasteiger partial charge in [-0.15, -0.1) is 0 Å². The van der Waals surface area contributed by atoms with E-state index >= 15 is 0 Å². The van der Waals surface area contributed by atoms with Crippen molar-refractivity contribution < 1.29 is 4.79 Å². The Morgan fingerprint density at radius 3 is 2.50 bits per heavy atom. The number of carbonyl (C=O) groups excluding carboxylic acids is 1. The molecule has 1 saturated carbocycles. The molecule has 1 heterocycles. The fourth-order valence-corrected chi connectivity index (χ4v) is 1.61. The molecular formula is C6H8N2OS. The van der Waals surface area contributed by atoms with Crippen LogP contribution in [-0.4, -0.2) is 10.9 Å². The minimum atomic E-state index is -0.0185. The van der Waals surface area contributed by atoms with Gasteiger partial charge in [0.1, 0.15) is 4.99 Å². The van der Waals surface area contributed by atoms with Crippen LogP contribution in [0.15, 0.2) is 0 Å². The van der Waals surface area contributed by atoms with E-state index in [9.17, 15) is 4.79 Å². The Morgan fingerprint density at radius 1 is 1.40 bits per heavy atom. The maximum atomic E-state index is 11.0. The molecular weight excluding hydrogens is 148 g/mol. The third-order valence-corrected chi connectivity index (χ3v) is 2.32. The highest BCUT2D eigenvalue weighted by atomic mass is 32.1. The lowest BCUT2D eigenvalue weighted by Gasteiger charge is -1.99. The van der Waals surface area contributed by atoms with Crippen molar-refractivity contribution >= 4 is 23.1 Å². The second-order valence-corrected chi connectivity index (χ2v) is 3.23. The number of thiocarbonyl (C=S) groups is 1. The molecule has 0 spiro atoms. The summed E-state index contributed by atoms with van der Waals surface area (Å²) >= 11 is 4.94. The quantitative estimate of drug-likeness (QED) is 0.524. The lowest BCUT2D eigenvalue weighted by Crippen LogP contribution is -2.27. The highest BCUT2D eigenvalue weighted by molar-refractivity contribution is 7.80. The first-order valence-corrected chi connectivity index (χ1v) is 3.79. The molecule has 54 valence electrons. The van der Waals surface area contributed by atoms with Gasteiger partial charge in [-0.05, 0) is 18.8 Å². The number of hydrazine groups is 1. The van der Waals surface area contributed by atoms with E-state index in [2.05, 4.69) is 10.9 Å². The maximum Gasteiger partial charge on any atom is 0.248 e. The van der Waals surface area contributed by atoms with E-state index in [0.29, 0.717) is 10.9 Å². The zero-order valence-electron chi connectivity index (χ0n) is 5.39. The zero-order chi connectivity index (χ0) is 7.14. The predicted octanol–water partition coefficient (Wildman–Crippen LogP) is -0.0256. The van der Waals surface area contributed by atoms with Gasteiger partial charge >= 0.3 is 0 Å². The molecule has 2 aliphatic rings. The van der Waals surface area contributed by atoms with Crippen molar-refractivity contribution in [2.75, 3.05) is 0 Å². The van der Waals surface area contributed by atoms with Crippen LogP contribution in [-0.2, 0) is 4.79 Å². The summed E-state index contributed by atoms with van der Waals surface area (Å²) in [4.78, 5) is 11.7. The summed E-state index contributed by atoms with van der Waals surface area (Å²) in [6, 6.07) is 0. The van der Waals surface area contributed by atoms with Crippen molar-refractivity contribution in [2.24, 2.45) is 11.8 Å². The third-order valence-electron chi connectivity index (χ3n) is 1.97. The van der Waals surface area contributed by atoms with E-state index in [-0.39, 0.29) is 11.8 Å². The van der Waals surface area contributed by atoms with Crippen LogP contribution < -0.4 is 10.9 Å². The SMILES string of the molecule is O=C1NNC(=S)[C@H]1C1CC1. The van der Waals surface area contributed by atoms with Crippen molar-refractivity contribution in [3.8, 4) is 0 Å². The van der Waals surface area contributed by atoms with E-state index < -0.39 is 0 Å². The smallest absolute Gasteiger partial charge is 0.248 e. The van der Waals surface area contributed by atoms with Crippen LogP contribution >= 0.6 is 12.2 Å². The molecule has 3 nitrogen and oxygen atoms in total. The van der Waals surface area contributed by atoms with E-state index in [1.54, 1.807) is 0 Å². The highest BCUT2D eigenvalue weighted by Crippen LogP contribution is 2.38. The van der Waals surface area contributed by atoms with Crippen LogP contribution in [0.5, 0.6) is 0 Å². The second-order valence-electron chi connectivity index (χ2n) is 2.79.